The predicted molar refractivity (Wildman–Crippen MR) is 82.4 cm³/mol. The zero-order valence-corrected chi connectivity index (χ0v) is 11.9. The summed E-state index contributed by atoms with van der Waals surface area (Å²) >= 11 is 0. The molecule has 0 aliphatic carbocycles. The molecule has 1 aliphatic heterocycles. The Bertz CT molecular complexity index is 741. The van der Waals surface area contributed by atoms with Gasteiger partial charge in [0.25, 0.3) is 0 Å². The van der Waals surface area contributed by atoms with E-state index in [1.807, 2.05) is 18.2 Å². The molecule has 112 valence electrons. The quantitative estimate of drug-likeness (QED) is 0.695. The van der Waals surface area contributed by atoms with Crippen molar-refractivity contribution in [3.63, 3.8) is 0 Å². The summed E-state index contributed by atoms with van der Waals surface area (Å²) < 4.78 is 15.6. The maximum Gasteiger partial charge on any atom is 0.231 e. The van der Waals surface area contributed by atoms with Crippen molar-refractivity contribution >= 4 is 12.4 Å². The van der Waals surface area contributed by atoms with Gasteiger partial charge < -0.3 is 19.3 Å². The summed E-state index contributed by atoms with van der Waals surface area (Å²) in [7, 11) is 1.49. The average molecular weight is 298 g/mol. The van der Waals surface area contributed by atoms with E-state index in [2.05, 4.69) is 10.2 Å². The second kappa shape index (κ2) is 6.17. The Morgan fingerprint density at radius 2 is 1.91 bits per heavy atom. The highest BCUT2D eigenvalue weighted by Gasteiger charge is 2.12. The Morgan fingerprint density at radius 1 is 1.09 bits per heavy atom. The number of hydrogen-bond acceptors (Lipinski definition) is 6. The van der Waals surface area contributed by atoms with Crippen molar-refractivity contribution in [3.8, 4) is 23.0 Å². The minimum absolute atomic E-state index is 0.0343. The van der Waals surface area contributed by atoms with Gasteiger partial charge in [0.2, 0.25) is 6.79 Å². The van der Waals surface area contributed by atoms with Gasteiger partial charge in [0.15, 0.2) is 23.0 Å². The number of phenolic OH excluding ortho intramolecular Hbond substituents is 1. The molecule has 0 unspecified atom stereocenters. The first-order valence-electron chi connectivity index (χ1n) is 6.60. The molecule has 0 saturated heterocycles. The summed E-state index contributed by atoms with van der Waals surface area (Å²) in [6.07, 6.45) is 3.05. The summed E-state index contributed by atoms with van der Waals surface area (Å²) in [6.45, 7) is 0.239. The van der Waals surface area contributed by atoms with Gasteiger partial charge in [-0.1, -0.05) is 6.07 Å². The van der Waals surface area contributed by atoms with Gasteiger partial charge in [-0.15, -0.1) is 0 Å². The Morgan fingerprint density at radius 3 is 2.77 bits per heavy atom. The molecule has 0 aromatic heterocycles. The molecular formula is C16H14N2O4. The molecule has 0 spiro atoms. The molecular weight excluding hydrogens is 284 g/mol. The van der Waals surface area contributed by atoms with Crippen molar-refractivity contribution in [2.24, 2.45) is 10.2 Å². The Kier molecular flexibility index (Phi) is 3.91. The van der Waals surface area contributed by atoms with Crippen molar-refractivity contribution in [2.75, 3.05) is 13.9 Å². The number of nitrogens with zero attached hydrogens (tertiary/aromatic N) is 2. The van der Waals surface area contributed by atoms with Crippen LogP contribution in [0.3, 0.4) is 0 Å². The van der Waals surface area contributed by atoms with Crippen molar-refractivity contribution in [2.45, 2.75) is 0 Å². The van der Waals surface area contributed by atoms with Gasteiger partial charge in [0.1, 0.15) is 0 Å². The molecule has 6 heteroatoms. The average Bonchev–Trinajstić information content (AvgIpc) is 3.00. The Hall–Kier alpha value is -3.02. The molecule has 6 nitrogen and oxygen atoms in total. The zero-order chi connectivity index (χ0) is 15.4. The summed E-state index contributed by atoms with van der Waals surface area (Å²) in [5.41, 5.74) is 1.37. The molecule has 22 heavy (non-hydrogen) atoms. The van der Waals surface area contributed by atoms with Crippen LogP contribution in [0.25, 0.3) is 0 Å². The fraction of sp³-hybridized carbons (Fsp3) is 0.125. The van der Waals surface area contributed by atoms with Crippen LogP contribution >= 0.6 is 0 Å². The minimum atomic E-state index is 0.0343. The smallest absolute Gasteiger partial charge is 0.231 e. The molecule has 0 fully saturated rings. The lowest BCUT2D eigenvalue weighted by Crippen LogP contribution is -1.92. The number of methoxy groups -OCH3 is 1. The van der Waals surface area contributed by atoms with Crippen molar-refractivity contribution < 1.29 is 19.3 Å². The number of aromatic hydroxyl groups is 1. The third-order valence-electron chi connectivity index (χ3n) is 3.12. The minimum Gasteiger partial charge on any atom is -0.504 e. The van der Waals surface area contributed by atoms with E-state index in [1.165, 1.54) is 13.3 Å². The van der Waals surface area contributed by atoms with Crippen LogP contribution in [0.2, 0.25) is 0 Å². The van der Waals surface area contributed by atoms with Gasteiger partial charge in [-0.25, -0.2) is 0 Å². The lowest BCUT2D eigenvalue weighted by molar-refractivity contribution is 0.174. The van der Waals surface area contributed by atoms with Gasteiger partial charge >= 0.3 is 0 Å². The molecule has 1 heterocycles. The molecule has 0 radical (unpaired) electrons. The Balaban J connectivity index is 1.72. The topological polar surface area (TPSA) is 72.6 Å². The molecule has 1 aliphatic rings. The first-order chi connectivity index (χ1) is 10.8. The number of phenols is 1. The largest absolute Gasteiger partial charge is 0.504 e. The van der Waals surface area contributed by atoms with Crippen LogP contribution in [0.15, 0.2) is 46.6 Å². The third kappa shape index (κ3) is 2.85. The molecule has 0 amide bonds. The molecule has 0 atom stereocenters. The first-order valence-corrected chi connectivity index (χ1v) is 6.60. The van der Waals surface area contributed by atoms with E-state index in [0.717, 1.165) is 11.3 Å². The van der Waals surface area contributed by atoms with Crippen LogP contribution in [0.1, 0.15) is 11.1 Å². The predicted octanol–water partition coefficient (Wildman–Crippen LogP) is 2.58. The summed E-state index contributed by atoms with van der Waals surface area (Å²) in [4.78, 5) is 0. The summed E-state index contributed by atoms with van der Waals surface area (Å²) in [6, 6.07) is 10.7. The van der Waals surface area contributed by atoms with E-state index in [-0.39, 0.29) is 12.5 Å². The van der Waals surface area contributed by atoms with Gasteiger partial charge in [-0.3, -0.25) is 0 Å². The number of rotatable bonds is 4. The van der Waals surface area contributed by atoms with Gasteiger partial charge in [-0.05, 0) is 35.9 Å². The van der Waals surface area contributed by atoms with Crippen molar-refractivity contribution in [1.29, 1.82) is 0 Å². The molecule has 3 rings (SSSR count). The van der Waals surface area contributed by atoms with Crippen LogP contribution in [0, 0.1) is 0 Å². The van der Waals surface area contributed by atoms with Crippen LogP contribution < -0.4 is 14.2 Å². The molecule has 2 aromatic carbocycles. The number of benzene rings is 2. The number of ether oxygens (including phenoxy) is 3. The molecule has 0 saturated carbocycles. The van der Waals surface area contributed by atoms with E-state index in [0.29, 0.717) is 17.1 Å². The first kappa shape index (κ1) is 13.9. The van der Waals surface area contributed by atoms with Crippen LogP contribution in [0.5, 0.6) is 23.0 Å². The second-order valence-electron chi connectivity index (χ2n) is 4.50. The summed E-state index contributed by atoms with van der Waals surface area (Å²) in [5.74, 6) is 1.84. The second-order valence-corrected chi connectivity index (χ2v) is 4.50. The number of fused-ring (bicyclic) bond motifs is 1. The monoisotopic (exact) mass is 298 g/mol. The van der Waals surface area contributed by atoms with Crippen LogP contribution in [-0.4, -0.2) is 31.4 Å². The van der Waals surface area contributed by atoms with Gasteiger partial charge in [-0.2, -0.15) is 10.2 Å². The fourth-order valence-electron chi connectivity index (χ4n) is 2.00. The maximum absolute atomic E-state index is 9.91. The molecule has 0 bridgehead atoms. The van der Waals surface area contributed by atoms with E-state index >= 15 is 0 Å². The highest BCUT2D eigenvalue weighted by atomic mass is 16.7. The van der Waals surface area contributed by atoms with Crippen molar-refractivity contribution in [3.05, 3.63) is 47.5 Å². The highest BCUT2D eigenvalue weighted by Crippen LogP contribution is 2.32. The molecule has 1 N–H and O–H groups in total. The zero-order valence-electron chi connectivity index (χ0n) is 11.9. The number of hydrogen-bond donors (Lipinski definition) is 1. The standard InChI is InChI=1S/C16H14N2O4/c1-20-14-4-2-3-12(16(14)19)9-18-17-8-11-5-6-13-15(7-11)22-10-21-13/h2-9,19H,10H2,1H3. The summed E-state index contributed by atoms with van der Waals surface area (Å²) in [5, 5.41) is 17.8. The van der Waals surface area contributed by atoms with E-state index in [1.54, 1.807) is 24.4 Å². The highest BCUT2D eigenvalue weighted by molar-refractivity contribution is 5.86. The third-order valence-corrected chi connectivity index (χ3v) is 3.12. The molecule has 2 aromatic rings. The van der Waals surface area contributed by atoms with E-state index < -0.39 is 0 Å². The maximum atomic E-state index is 9.91. The lowest BCUT2D eigenvalue weighted by Gasteiger charge is -2.04. The SMILES string of the molecule is COc1cccc(C=NN=Cc2ccc3c(c2)OCO3)c1O. The van der Waals surface area contributed by atoms with Gasteiger partial charge in [0.05, 0.1) is 19.5 Å². The normalized spacial score (nSPS) is 13.1. The fourth-order valence-corrected chi connectivity index (χ4v) is 2.00. The number of para-hydroxylation sites is 1. The Labute approximate surface area is 127 Å². The van der Waals surface area contributed by atoms with E-state index in [9.17, 15) is 5.11 Å². The van der Waals surface area contributed by atoms with Crippen LogP contribution in [-0.2, 0) is 0 Å². The lowest BCUT2D eigenvalue weighted by atomic mass is 10.2. The van der Waals surface area contributed by atoms with Gasteiger partial charge in [0, 0.05) is 5.56 Å². The van der Waals surface area contributed by atoms with Crippen LogP contribution in [0.4, 0.5) is 0 Å². The van der Waals surface area contributed by atoms with E-state index in [4.69, 9.17) is 14.2 Å². The van der Waals surface area contributed by atoms with Crippen molar-refractivity contribution in [1.82, 2.24) is 0 Å².